The number of hydrogen-bond acceptors (Lipinski definition) is 0. The van der Waals surface area contributed by atoms with Crippen molar-refractivity contribution in [3.63, 3.8) is 0 Å². The molecule has 3 saturated carbocycles. The van der Waals surface area contributed by atoms with Crippen molar-refractivity contribution in [1.82, 2.24) is 0 Å². The Hall–Kier alpha value is -3.12. The molecule has 0 amide bonds. The molecule has 9 aliphatic rings. The summed E-state index contributed by atoms with van der Waals surface area (Å²) in [5.41, 5.74) is 15.3. The summed E-state index contributed by atoms with van der Waals surface area (Å²) in [4.78, 5) is 0. The monoisotopic (exact) mass is 392 g/mol. The summed E-state index contributed by atoms with van der Waals surface area (Å²) in [5, 5.41) is 0. The van der Waals surface area contributed by atoms with E-state index in [9.17, 15) is 0 Å². The molecule has 4 aromatic rings. The average Bonchev–Trinajstić information content (AvgIpc) is 3.43. The van der Waals surface area contributed by atoms with Gasteiger partial charge in [-0.15, -0.1) is 0 Å². The molecule has 0 heterocycles. The van der Waals surface area contributed by atoms with Gasteiger partial charge in [0.25, 0.3) is 0 Å². The van der Waals surface area contributed by atoms with E-state index in [1.807, 2.05) is 0 Å². The third kappa shape index (κ3) is 0.875. The lowest BCUT2D eigenvalue weighted by molar-refractivity contribution is -0.287. The second-order valence-electron chi connectivity index (χ2n) is 10.9. The smallest absolute Gasteiger partial charge is 0.0350 e. The van der Waals surface area contributed by atoms with E-state index in [4.69, 9.17) is 0 Å². The first-order valence-corrected chi connectivity index (χ1v) is 11.7. The van der Waals surface area contributed by atoms with Crippen molar-refractivity contribution in [3.05, 3.63) is 141 Å². The molecule has 6 unspecified atom stereocenters. The molecule has 0 radical (unpaired) electrons. The maximum Gasteiger partial charge on any atom is 0.0350 e. The normalized spacial score (nSPS) is 40.9. The molecule has 0 N–H and O–H groups in total. The minimum Gasteiger partial charge on any atom is -0.0620 e. The van der Waals surface area contributed by atoms with Crippen LogP contribution in [0.4, 0.5) is 0 Å². The molecule has 9 aliphatic carbocycles. The van der Waals surface area contributed by atoms with Crippen molar-refractivity contribution in [2.24, 2.45) is 11.3 Å². The van der Waals surface area contributed by atoms with Crippen molar-refractivity contribution in [2.45, 2.75) is 29.1 Å². The van der Waals surface area contributed by atoms with Gasteiger partial charge in [0.2, 0.25) is 0 Å². The molecule has 4 spiro atoms. The van der Waals surface area contributed by atoms with Gasteiger partial charge in [0, 0.05) is 33.5 Å². The molecule has 3 fully saturated rings. The Morgan fingerprint density at radius 2 is 1.00 bits per heavy atom. The highest BCUT2D eigenvalue weighted by atomic mass is 15.1. The molecular weight excluding hydrogens is 372 g/mol. The lowest BCUT2D eigenvalue weighted by Crippen LogP contribution is -2.90. The van der Waals surface area contributed by atoms with Crippen LogP contribution >= 0.6 is 0 Å². The Morgan fingerprint density at radius 1 is 0.516 bits per heavy atom. The molecule has 0 saturated heterocycles. The molecule has 0 aromatic heterocycles. The quantitative estimate of drug-likeness (QED) is 0.346. The van der Waals surface area contributed by atoms with E-state index < -0.39 is 0 Å². The van der Waals surface area contributed by atoms with Gasteiger partial charge in [-0.1, -0.05) is 96.6 Å². The van der Waals surface area contributed by atoms with Crippen LogP contribution in [0.2, 0.25) is 0 Å². The predicted octanol–water partition coefficient (Wildman–Crippen LogP) is 5.97. The van der Waals surface area contributed by atoms with Crippen LogP contribution in [0.5, 0.6) is 0 Å². The summed E-state index contributed by atoms with van der Waals surface area (Å²) < 4.78 is 0. The third-order valence-electron chi connectivity index (χ3n) is 10.8. The van der Waals surface area contributed by atoms with Crippen LogP contribution in [0.15, 0.2) is 91.0 Å². The Morgan fingerprint density at radius 3 is 1.61 bits per heavy atom. The molecule has 4 aromatic carbocycles. The van der Waals surface area contributed by atoms with Gasteiger partial charge in [-0.05, 0) is 51.4 Å². The van der Waals surface area contributed by atoms with Crippen LogP contribution < -0.4 is 0 Å². The summed E-state index contributed by atoms with van der Waals surface area (Å²) in [6.07, 6.45) is 0. The summed E-state index contributed by atoms with van der Waals surface area (Å²) >= 11 is 0. The van der Waals surface area contributed by atoms with E-state index in [1.165, 1.54) is 5.56 Å². The Labute approximate surface area is 181 Å². The van der Waals surface area contributed by atoms with Gasteiger partial charge in [0.1, 0.15) is 0 Å². The maximum atomic E-state index is 2.55. The lowest BCUT2D eigenvalue weighted by Gasteiger charge is -2.86. The van der Waals surface area contributed by atoms with Crippen molar-refractivity contribution in [2.75, 3.05) is 0 Å². The van der Waals surface area contributed by atoms with E-state index in [2.05, 4.69) is 97.9 Å². The minimum absolute atomic E-state index is 0.188. The van der Waals surface area contributed by atoms with Crippen molar-refractivity contribution in [3.8, 4) is 0 Å². The van der Waals surface area contributed by atoms with Crippen LogP contribution in [0.3, 0.4) is 0 Å². The number of benzene rings is 4. The van der Waals surface area contributed by atoms with Crippen LogP contribution in [0, 0.1) is 18.3 Å². The summed E-state index contributed by atoms with van der Waals surface area (Å²) in [6.45, 7) is 2.28. The highest BCUT2D eigenvalue weighted by molar-refractivity contribution is 5.96. The first-order valence-electron chi connectivity index (χ1n) is 11.7. The molecule has 0 aliphatic heterocycles. The van der Waals surface area contributed by atoms with E-state index in [1.54, 1.807) is 44.5 Å². The highest BCUT2D eigenvalue weighted by Crippen LogP contribution is 3.10. The molecule has 144 valence electrons. The van der Waals surface area contributed by atoms with E-state index in [0.717, 1.165) is 0 Å². The Kier molecular flexibility index (Phi) is 1.81. The topological polar surface area (TPSA) is 0 Å². The summed E-state index contributed by atoms with van der Waals surface area (Å²) in [6, 6.07) is 36.0. The Bertz CT molecular complexity index is 1590. The Balaban J connectivity index is 1.51. The SMILES string of the molecule is Cc1ccc2c(c1)C13c4ccccc4C45c6ccccc6C6c7ccccc7C2(C41)C653. The largest absolute Gasteiger partial charge is 0.0620 e. The molecule has 0 heteroatoms. The zero-order chi connectivity index (χ0) is 20.0. The minimum atomic E-state index is 0.188. The number of fused-ring (bicyclic) bond motifs is 4. The predicted molar refractivity (Wildman–Crippen MR) is 121 cm³/mol. The standard InChI is InChI=1S/C31H20/c1-17-14-15-24-25(16-17)30-23-13-7-6-12-22(23)28-20-10-4-2-8-18(20)26-19-9-3-5-11-21(19)29(24,27(28)30)31(26,28)30/h2-16,26-27H,1H3. The fourth-order valence-electron chi connectivity index (χ4n) is 11.0. The van der Waals surface area contributed by atoms with E-state index >= 15 is 0 Å². The van der Waals surface area contributed by atoms with Crippen molar-refractivity contribution >= 4 is 0 Å². The summed E-state index contributed by atoms with van der Waals surface area (Å²) in [5.74, 6) is 1.14. The van der Waals surface area contributed by atoms with Gasteiger partial charge >= 0.3 is 0 Å². The zero-order valence-electron chi connectivity index (χ0n) is 17.3. The fourth-order valence-corrected chi connectivity index (χ4v) is 11.0. The molecule has 6 atom stereocenters. The molecular formula is C31H20. The highest BCUT2D eigenvalue weighted by Gasteiger charge is 3.11. The first kappa shape index (κ1) is 14.8. The molecule has 13 rings (SSSR count). The van der Waals surface area contributed by atoms with Crippen LogP contribution in [-0.4, -0.2) is 0 Å². The van der Waals surface area contributed by atoms with Gasteiger partial charge in [-0.2, -0.15) is 0 Å². The van der Waals surface area contributed by atoms with E-state index in [-0.39, 0.29) is 21.7 Å². The molecule has 31 heavy (non-hydrogen) atoms. The third-order valence-corrected chi connectivity index (χ3v) is 10.8. The van der Waals surface area contributed by atoms with Crippen LogP contribution in [0.25, 0.3) is 0 Å². The molecule has 0 nitrogen and oxygen atoms in total. The number of aryl methyl sites for hydroxylation is 1. The van der Waals surface area contributed by atoms with Gasteiger partial charge in [-0.25, -0.2) is 0 Å². The maximum absolute atomic E-state index is 2.55. The van der Waals surface area contributed by atoms with Crippen LogP contribution in [0.1, 0.15) is 56.0 Å². The van der Waals surface area contributed by atoms with Crippen molar-refractivity contribution in [1.29, 1.82) is 0 Å². The second-order valence-corrected chi connectivity index (χ2v) is 10.9. The van der Waals surface area contributed by atoms with E-state index in [0.29, 0.717) is 11.8 Å². The average molecular weight is 393 g/mol. The van der Waals surface area contributed by atoms with Gasteiger partial charge in [0.15, 0.2) is 0 Å². The number of rotatable bonds is 0. The lowest BCUT2D eigenvalue weighted by atomic mass is 9.14. The fraction of sp³-hybridized carbons (Fsp3) is 0.226. The zero-order valence-corrected chi connectivity index (χ0v) is 17.3. The first-order chi connectivity index (χ1) is 15.3. The van der Waals surface area contributed by atoms with Crippen molar-refractivity contribution < 1.29 is 0 Å². The summed E-state index contributed by atoms with van der Waals surface area (Å²) in [7, 11) is 0. The van der Waals surface area contributed by atoms with Gasteiger partial charge in [-0.3, -0.25) is 0 Å². The van der Waals surface area contributed by atoms with Crippen LogP contribution in [-0.2, 0) is 16.2 Å². The van der Waals surface area contributed by atoms with Gasteiger partial charge in [0.05, 0.1) is 0 Å². The number of hydrogen-bond donors (Lipinski definition) is 0. The second kappa shape index (κ2) is 3.79. The van der Waals surface area contributed by atoms with Gasteiger partial charge < -0.3 is 0 Å². The molecule has 5 bridgehead atoms.